The first-order valence-corrected chi connectivity index (χ1v) is 7.42. The topological polar surface area (TPSA) is 52.6 Å². The van der Waals surface area contributed by atoms with Crippen molar-refractivity contribution in [2.75, 3.05) is 6.61 Å². The van der Waals surface area contributed by atoms with Crippen molar-refractivity contribution in [3.05, 3.63) is 34.3 Å². The molecule has 0 aliphatic rings. The first kappa shape index (κ1) is 16.7. The molecular formula is C15H19BrO4. The second kappa shape index (κ2) is 8.74. The van der Waals surface area contributed by atoms with Crippen LogP contribution in [0.15, 0.2) is 28.7 Å². The molecule has 0 bridgehead atoms. The van der Waals surface area contributed by atoms with E-state index < -0.39 is 0 Å². The van der Waals surface area contributed by atoms with E-state index in [1.165, 1.54) is 0 Å². The highest BCUT2D eigenvalue weighted by atomic mass is 79.9. The van der Waals surface area contributed by atoms with E-state index in [2.05, 4.69) is 15.9 Å². The van der Waals surface area contributed by atoms with Gasteiger partial charge in [-0.15, -0.1) is 0 Å². The first-order chi connectivity index (χ1) is 9.52. The van der Waals surface area contributed by atoms with Gasteiger partial charge < -0.3 is 9.47 Å². The predicted molar refractivity (Wildman–Crippen MR) is 79.1 cm³/mol. The highest BCUT2D eigenvalue weighted by molar-refractivity contribution is 9.10. The van der Waals surface area contributed by atoms with E-state index in [1.54, 1.807) is 6.92 Å². The first-order valence-electron chi connectivity index (χ1n) is 6.63. The Bertz CT molecular complexity index is 459. The number of carbonyl (C=O) groups is 2. The lowest BCUT2D eigenvalue weighted by Crippen LogP contribution is -2.10. The molecule has 1 aromatic rings. The van der Waals surface area contributed by atoms with Gasteiger partial charge in [0.05, 0.1) is 6.61 Å². The average molecular weight is 343 g/mol. The Morgan fingerprint density at radius 3 is 2.60 bits per heavy atom. The molecule has 0 aromatic heterocycles. The van der Waals surface area contributed by atoms with Gasteiger partial charge in [-0.1, -0.05) is 28.1 Å². The third-order valence-electron chi connectivity index (χ3n) is 2.69. The Kier molecular flexibility index (Phi) is 7.30. The van der Waals surface area contributed by atoms with Crippen molar-refractivity contribution in [1.82, 2.24) is 0 Å². The summed E-state index contributed by atoms with van der Waals surface area (Å²) in [7, 11) is 0. The Labute approximate surface area is 127 Å². The van der Waals surface area contributed by atoms with Crippen molar-refractivity contribution < 1.29 is 19.1 Å². The van der Waals surface area contributed by atoms with E-state index in [4.69, 9.17) is 9.47 Å². The molecule has 1 aromatic carbocycles. The molecule has 20 heavy (non-hydrogen) atoms. The lowest BCUT2D eigenvalue weighted by atomic mass is 10.1. The van der Waals surface area contributed by atoms with Crippen molar-refractivity contribution in [1.29, 1.82) is 0 Å². The van der Waals surface area contributed by atoms with Crippen LogP contribution in [0.2, 0.25) is 0 Å². The van der Waals surface area contributed by atoms with E-state index in [1.807, 2.05) is 31.2 Å². The molecular weight excluding hydrogens is 324 g/mol. The van der Waals surface area contributed by atoms with Gasteiger partial charge in [0.25, 0.3) is 0 Å². The third kappa shape index (κ3) is 6.19. The molecule has 0 saturated heterocycles. The predicted octanol–water partition coefficient (Wildman–Crippen LogP) is 3.79. The Morgan fingerprint density at radius 1 is 1.25 bits per heavy atom. The molecule has 0 saturated carbocycles. The van der Waals surface area contributed by atoms with Crippen LogP contribution >= 0.6 is 15.9 Å². The molecule has 1 atom stereocenters. The third-order valence-corrected chi connectivity index (χ3v) is 3.19. The maximum atomic E-state index is 11.7. The Hall–Kier alpha value is -1.36. The van der Waals surface area contributed by atoms with Crippen LogP contribution in [0.25, 0.3) is 0 Å². The van der Waals surface area contributed by atoms with Gasteiger partial charge in [0.15, 0.2) is 0 Å². The normalized spacial score (nSPS) is 11.8. The summed E-state index contributed by atoms with van der Waals surface area (Å²) in [5.74, 6) is -0.581. The average Bonchev–Trinajstić information content (AvgIpc) is 2.39. The maximum absolute atomic E-state index is 11.7. The largest absolute Gasteiger partial charge is 0.466 e. The number of benzene rings is 1. The summed E-state index contributed by atoms with van der Waals surface area (Å²) in [6.07, 6.45) is 0.608. The van der Waals surface area contributed by atoms with Crippen LogP contribution in [-0.2, 0) is 19.1 Å². The highest BCUT2D eigenvalue weighted by Gasteiger charge is 2.12. The summed E-state index contributed by atoms with van der Waals surface area (Å²) in [4.78, 5) is 22.8. The Balaban J connectivity index is 2.33. The van der Waals surface area contributed by atoms with Crippen molar-refractivity contribution in [3.63, 3.8) is 0 Å². The van der Waals surface area contributed by atoms with Gasteiger partial charge in [0.2, 0.25) is 0 Å². The van der Waals surface area contributed by atoms with Crippen molar-refractivity contribution in [2.45, 2.75) is 39.2 Å². The number of halogens is 1. The van der Waals surface area contributed by atoms with Crippen LogP contribution in [0.5, 0.6) is 0 Å². The quantitative estimate of drug-likeness (QED) is 0.707. The molecule has 0 amide bonds. The fourth-order valence-corrected chi connectivity index (χ4v) is 2.11. The minimum Gasteiger partial charge on any atom is -0.466 e. The molecule has 1 unspecified atom stereocenters. The van der Waals surface area contributed by atoms with Gasteiger partial charge in [-0.2, -0.15) is 0 Å². The van der Waals surface area contributed by atoms with Gasteiger partial charge in [0, 0.05) is 17.3 Å². The maximum Gasteiger partial charge on any atom is 0.306 e. The van der Waals surface area contributed by atoms with E-state index >= 15 is 0 Å². The molecule has 0 aliphatic carbocycles. The lowest BCUT2D eigenvalue weighted by molar-refractivity contribution is -0.149. The standard InChI is InChI=1S/C15H19BrO4/c1-3-19-14(17)8-5-9-15(18)20-11(2)12-6-4-7-13(16)10-12/h4,6-7,10-11H,3,5,8-9H2,1-2H3. The van der Waals surface area contributed by atoms with Gasteiger partial charge in [-0.25, -0.2) is 0 Å². The molecule has 0 fully saturated rings. The molecule has 0 heterocycles. The van der Waals surface area contributed by atoms with E-state index in [9.17, 15) is 9.59 Å². The van der Waals surface area contributed by atoms with Crippen LogP contribution in [0.4, 0.5) is 0 Å². The van der Waals surface area contributed by atoms with Gasteiger partial charge >= 0.3 is 11.9 Å². The van der Waals surface area contributed by atoms with E-state index in [0.29, 0.717) is 13.0 Å². The van der Waals surface area contributed by atoms with Gasteiger partial charge in [0.1, 0.15) is 6.10 Å². The van der Waals surface area contributed by atoms with Crippen molar-refractivity contribution >= 4 is 27.9 Å². The van der Waals surface area contributed by atoms with E-state index in [-0.39, 0.29) is 30.9 Å². The fourth-order valence-electron chi connectivity index (χ4n) is 1.69. The van der Waals surface area contributed by atoms with Gasteiger partial charge in [-0.3, -0.25) is 9.59 Å². The number of esters is 2. The minimum absolute atomic E-state index is 0.219. The van der Waals surface area contributed by atoms with Crippen LogP contribution in [0.3, 0.4) is 0 Å². The molecule has 0 radical (unpaired) electrons. The monoisotopic (exact) mass is 342 g/mol. The summed E-state index contributed by atoms with van der Waals surface area (Å²) in [6, 6.07) is 7.62. The molecule has 110 valence electrons. The van der Waals surface area contributed by atoms with Gasteiger partial charge in [-0.05, 0) is 38.0 Å². The second-order valence-corrected chi connectivity index (χ2v) is 5.26. The van der Waals surface area contributed by atoms with Crippen molar-refractivity contribution in [2.24, 2.45) is 0 Å². The highest BCUT2D eigenvalue weighted by Crippen LogP contribution is 2.21. The number of rotatable bonds is 7. The number of hydrogen-bond acceptors (Lipinski definition) is 4. The van der Waals surface area contributed by atoms with Crippen LogP contribution in [-0.4, -0.2) is 18.5 Å². The second-order valence-electron chi connectivity index (χ2n) is 4.35. The van der Waals surface area contributed by atoms with Crippen molar-refractivity contribution in [3.8, 4) is 0 Å². The smallest absolute Gasteiger partial charge is 0.306 e. The lowest BCUT2D eigenvalue weighted by Gasteiger charge is -2.13. The molecule has 0 N–H and O–H groups in total. The zero-order valence-corrected chi connectivity index (χ0v) is 13.3. The molecule has 4 nitrogen and oxygen atoms in total. The summed E-state index contributed by atoms with van der Waals surface area (Å²) in [5.41, 5.74) is 0.929. The number of hydrogen-bond donors (Lipinski definition) is 0. The molecule has 0 spiro atoms. The van der Waals surface area contributed by atoms with Crippen LogP contribution in [0, 0.1) is 0 Å². The Morgan fingerprint density at radius 2 is 1.95 bits per heavy atom. The number of ether oxygens (including phenoxy) is 2. The number of carbonyl (C=O) groups excluding carboxylic acids is 2. The summed E-state index contributed by atoms with van der Waals surface area (Å²) in [6.45, 7) is 3.94. The summed E-state index contributed by atoms with van der Waals surface area (Å²) < 4.78 is 11.1. The van der Waals surface area contributed by atoms with Crippen LogP contribution < -0.4 is 0 Å². The van der Waals surface area contributed by atoms with Crippen LogP contribution in [0.1, 0.15) is 44.8 Å². The fraction of sp³-hybridized carbons (Fsp3) is 0.467. The zero-order valence-electron chi connectivity index (χ0n) is 11.7. The minimum atomic E-state index is -0.304. The molecule has 0 aliphatic heterocycles. The SMILES string of the molecule is CCOC(=O)CCCC(=O)OC(C)c1cccc(Br)c1. The van der Waals surface area contributed by atoms with E-state index in [0.717, 1.165) is 10.0 Å². The molecule has 1 rings (SSSR count). The summed E-state index contributed by atoms with van der Waals surface area (Å²) >= 11 is 3.38. The summed E-state index contributed by atoms with van der Waals surface area (Å²) in [5, 5.41) is 0. The zero-order chi connectivity index (χ0) is 15.0. The molecule has 5 heteroatoms.